The quantitative estimate of drug-likeness (QED) is 0.851. The number of ether oxygens (including phenoxy) is 1. The van der Waals surface area contributed by atoms with E-state index < -0.39 is 11.9 Å². The number of carbonyl (C=O) groups excluding carboxylic acids is 1. The fourth-order valence-electron chi connectivity index (χ4n) is 1.85. The number of carboxylic acid groups (broad SMARTS) is 1. The summed E-state index contributed by atoms with van der Waals surface area (Å²) in [7, 11) is 3.25. The van der Waals surface area contributed by atoms with Crippen molar-refractivity contribution in [1.82, 2.24) is 4.90 Å². The molecule has 0 bridgehead atoms. The zero-order chi connectivity index (χ0) is 14.4. The maximum absolute atomic E-state index is 12.0. The van der Waals surface area contributed by atoms with Gasteiger partial charge in [-0.15, -0.1) is 0 Å². The fraction of sp³-hybridized carbons (Fsp3) is 0.429. The third-order valence-corrected chi connectivity index (χ3v) is 2.83. The van der Waals surface area contributed by atoms with E-state index in [1.807, 2.05) is 24.3 Å². The molecule has 19 heavy (non-hydrogen) atoms. The van der Waals surface area contributed by atoms with Crippen molar-refractivity contribution in [2.75, 3.05) is 14.2 Å². The molecule has 0 radical (unpaired) electrons. The van der Waals surface area contributed by atoms with Crippen LogP contribution in [0.4, 0.5) is 0 Å². The number of aliphatic carboxylic acids is 1. The second-order valence-corrected chi connectivity index (χ2v) is 4.54. The van der Waals surface area contributed by atoms with E-state index in [2.05, 4.69) is 0 Å². The minimum atomic E-state index is -0.962. The van der Waals surface area contributed by atoms with Crippen molar-refractivity contribution in [3.05, 3.63) is 29.8 Å². The van der Waals surface area contributed by atoms with Crippen molar-refractivity contribution in [2.24, 2.45) is 5.92 Å². The van der Waals surface area contributed by atoms with E-state index in [-0.39, 0.29) is 12.3 Å². The Morgan fingerprint density at radius 2 is 2.11 bits per heavy atom. The molecule has 1 amide bonds. The zero-order valence-corrected chi connectivity index (χ0v) is 11.4. The van der Waals surface area contributed by atoms with E-state index in [0.717, 1.165) is 11.3 Å². The number of carbonyl (C=O) groups is 2. The van der Waals surface area contributed by atoms with Crippen LogP contribution in [0.3, 0.4) is 0 Å². The Kier molecular flexibility index (Phi) is 5.36. The Bertz CT molecular complexity index is 459. The first kappa shape index (κ1) is 15.0. The van der Waals surface area contributed by atoms with Crippen molar-refractivity contribution in [2.45, 2.75) is 19.9 Å². The summed E-state index contributed by atoms with van der Waals surface area (Å²) in [6.45, 7) is 2.05. The van der Waals surface area contributed by atoms with Gasteiger partial charge in [-0.25, -0.2) is 0 Å². The maximum Gasteiger partial charge on any atom is 0.304 e. The van der Waals surface area contributed by atoms with Gasteiger partial charge in [0.25, 0.3) is 0 Å². The number of hydrogen-bond donors (Lipinski definition) is 1. The van der Waals surface area contributed by atoms with Crippen LogP contribution in [0, 0.1) is 5.92 Å². The summed E-state index contributed by atoms with van der Waals surface area (Å²) in [5.41, 5.74) is 0.942. The van der Waals surface area contributed by atoms with Crippen LogP contribution < -0.4 is 4.74 Å². The number of hydrogen-bond acceptors (Lipinski definition) is 3. The topological polar surface area (TPSA) is 66.8 Å². The van der Waals surface area contributed by atoms with Crippen molar-refractivity contribution < 1.29 is 19.4 Å². The summed E-state index contributed by atoms with van der Waals surface area (Å²) >= 11 is 0. The fourth-order valence-corrected chi connectivity index (χ4v) is 1.85. The molecular formula is C14H19NO4. The van der Waals surface area contributed by atoms with Crippen LogP contribution in [0.15, 0.2) is 24.3 Å². The molecular weight excluding hydrogens is 246 g/mol. The number of nitrogens with zero attached hydrogens (tertiary/aromatic N) is 1. The summed E-state index contributed by atoms with van der Waals surface area (Å²) < 4.78 is 5.12. The Morgan fingerprint density at radius 3 is 2.68 bits per heavy atom. The van der Waals surface area contributed by atoms with Gasteiger partial charge in [-0.05, 0) is 17.7 Å². The number of methoxy groups -OCH3 is 1. The van der Waals surface area contributed by atoms with Gasteiger partial charge in [-0.3, -0.25) is 9.59 Å². The molecule has 5 nitrogen and oxygen atoms in total. The molecule has 0 heterocycles. The summed E-state index contributed by atoms with van der Waals surface area (Å²) in [4.78, 5) is 24.1. The van der Waals surface area contributed by atoms with Crippen molar-refractivity contribution >= 4 is 11.9 Å². The van der Waals surface area contributed by atoms with Crippen LogP contribution in [0.1, 0.15) is 18.9 Å². The highest BCUT2D eigenvalue weighted by molar-refractivity contribution is 5.82. The first-order chi connectivity index (χ1) is 8.93. The SMILES string of the molecule is COc1cccc(CN(C)C(=O)C(C)CC(=O)O)c1. The molecule has 0 spiro atoms. The zero-order valence-electron chi connectivity index (χ0n) is 11.4. The van der Waals surface area contributed by atoms with Crippen LogP contribution in [0.5, 0.6) is 5.75 Å². The van der Waals surface area contributed by atoms with Gasteiger partial charge >= 0.3 is 5.97 Å². The van der Waals surface area contributed by atoms with Gasteiger partial charge in [-0.2, -0.15) is 0 Å². The van der Waals surface area contributed by atoms with Gasteiger partial charge in [0, 0.05) is 19.5 Å². The highest BCUT2D eigenvalue weighted by Gasteiger charge is 2.20. The molecule has 0 aliphatic rings. The lowest BCUT2D eigenvalue weighted by atomic mass is 10.1. The predicted octanol–water partition coefficient (Wildman–Crippen LogP) is 1.76. The molecule has 1 unspecified atom stereocenters. The summed E-state index contributed by atoms with van der Waals surface area (Å²) in [6.07, 6.45) is -0.152. The van der Waals surface area contributed by atoms with Crippen molar-refractivity contribution in [3.8, 4) is 5.75 Å². The first-order valence-electron chi connectivity index (χ1n) is 6.03. The van der Waals surface area contributed by atoms with Crippen LogP contribution in [-0.2, 0) is 16.1 Å². The molecule has 1 rings (SSSR count). The van der Waals surface area contributed by atoms with Crippen LogP contribution in [-0.4, -0.2) is 36.0 Å². The highest BCUT2D eigenvalue weighted by Crippen LogP contribution is 2.15. The average molecular weight is 265 g/mol. The van der Waals surface area contributed by atoms with E-state index in [1.54, 1.807) is 21.1 Å². The Labute approximate surface area is 112 Å². The third kappa shape index (κ3) is 4.62. The number of rotatable bonds is 6. The first-order valence-corrected chi connectivity index (χ1v) is 6.03. The smallest absolute Gasteiger partial charge is 0.304 e. The molecule has 0 fully saturated rings. The van der Waals surface area contributed by atoms with Gasteiger partial charge in [0.05, 0.1) is 13.5 Å². The molecule has 5 heteroatoms. The Morgan fingerprint density at radius 1 is 1.42 bits per heavy atom. The second kappa shape index (κ2) is 6.78. The van der Waals surface area contributed by atoms with E-state index in [4.69, 9.17) is 9.84 Å². The number of amides is 1. The predicted molar refractivity (Wildman–Crippen MR) is 70.9 cm³/mol. The van der Waals surface area contributed by atoms with Crippen LogP contribution in [0.2, 0.25) is 0 Å². The lowest BCUT2D eigenvalue weighted by Gasteiger charge is -2.20. The van der Waals surface area contributed by atoms with Crippen molar-refractivity contribution in [3.63, 3.8) is 0 Å². The second-order valence-electron chi connectivity index (χ2n) is 4.54. The van der Waals surface area contributed by atoms with Crippen LogP contribution in [0.25, 0.3) is 0 Å². The van der Waals surface area contributed by atoms with E-state index in [9.17, 15) is 9.59 Å². The average Bonchev–Trinajstić information content (AvgIpc) is 2.37. The molecule has 1 atom stereocenters. The maximum atomic E-state index is 12.0. The minimum absolute atomic E-state index is 0.152. The molecule has 0 aliphatic carbocycles. The van der Waals surface area contributed by atoms with E-state index in [0.29, 0.717) is 6.54 Å². The van der Waals surface area contributed by atoms with E-state index >= 15 is 0 Å². The molecule has 1 aromatic carbocycles. The summed E-state index contributed by atoms with van der Waals surface area (Å²) in [6, 6.07) is 7.44. The normalized spacial score (nSPS) is 11.7. The van der Waals surface area contributed by atoms with Crippen molar-refractivity contribution in [1.29, 1.82) is 0 Å². The largest absolute Gasteiger partial charge is 0.497 e. The Balaban J connectivity index is 2.65. The standard InChI is InChI=1S/C14H19NO4/c1-10(7-13(16)17)14(18)15(2)9-11-5-4-6-12(8-11)19-3/h4-6,8,10H,7,9H2,1-3H3,(H,16,17). The van der Waals surface area contributed by atoms with E-state index in [1.165, 1.54) is 4.90 Å². The monoisotopic (exact) mass is 265 g/mol. The van der Waals surface area contributed by atoms with Gasteiger partial charge < -0.3 is 14.7 Å². The van der Waals surface area contributed by atoms with Gasteiger partial charge in [0.15, 0.2) is 0 Å². The molecule has 0 aliphatic heterocycles. The lowest BCUT2D eigenvalue weighted by Crippen LogP contribution is -2.32. The molecule has 104 valence electrons. The van der Waals surface area contributed by atoms with Gasteiger partial charge in [0.1, 0.15) is 5.75 Å². The summed E-state index contributed by atoms with van der Waals surface area (Å²) in [5.74, 6) is -0.925. The number of carboxylic acids is 1. The molecule has 1 N–H and O–H groups in total. The molecule has 1 aromatic rings. The third-order valence-electron chi connectivity index (χ3n) is 2.83. The lowest BCUT2D eigenvalue weighted by molar-refractivity contribution is -0.143. The minimum Gasteiger partial charge on any atom is -0.497 e. The summed E-state index contributed by atoms with van der Waals surface area (Å²) in [5, 5.41) is 8.69. The molecule has 0 saturated carbocycles. The van der Waals surface area contributed by atoms with Gasteiger partial charge in [-0.1, -0.05) is 19.1 Å². The molecule has 0 saturated heterocycles. The molecule has 0 aromatic heterocycles. The van der Waals surface area contributed by atoms with Gasteiger partial charge in [0.2, 0.25) is 5.91 Å². The van der Waals surface area contributed by atoms with Crippen LogP contribution >= 0.6 is 0 Å². The highest BCUT2D eigenvalue weighted by atomic mass is 16.5. The number of benzene rings is 1. The Hall–Kier alpha value is -2.04.